The number of rotatable bonds is 5. The third-order valence-corrected chi connectivity index (χ3v) is 3.95. The van der Waals surface area contributed by atoms with E-state index < -0.39 is 0 Å². The molecule has 0 unspecified atom stereocenters. The Morgan fingerprint density at radius 1 is 1.29 bits per heavy atom. The van der Waals surface area contributed by atoms with Crippen LogP contribution in [-0.4, -0.2) is 38.6 Å². The number of hydrogen-bond donors (Lipinski definition) is 0. The van der Waals surface area contributed by atoms with E-state index in [-0.39, 0.29) is 24.2 Å². The van der Waals surface area contributed by atoms with Crippen LogP contribution in [0.2, 0.25) is 0 Å². The van der Waals surface area contributed by atoms with Gasteiger partial charge in [-0.05, 0) is 38.1 Å². The third-order valence-electron chi connectivity index (χ3n) is 3.95. The van der Waals surface area contributed by atoms with Crippen LogP contribution in [0.15, 0.2) is 24.3 Å². The van der Waals surface area contributed by atoms with Gasteiger partial charge in [0.1, 0.15) is 0 Å². The van der Waals surface area contributed by atoms with Crippen LogP contribution in [0, 0.1) is 5.92 Å². The van der Waals surface area contributed by atoms with Crippen LogP contribution < -0.4 is 9.80 Å². The van der Waals surface area contributed by atoms with Crippen molar-refractivity contribution in [2.75, 3.05) is 36.5 Å². The number of hydrogen-bond acceptors (Lipinski definition) is 4. The Morgan fingerprint density at radius 2 is 1.90 bits per heavy atom. The summed E-state index contributed by atoms with van der Waals surface area (Å²) in [5.74, 6) is -0.698. The highest BCUT2D eigenvalue weighted by Gasteiger charge is 2.35. The molecular weight excluding hydrogens is 268 g/mol. The van der Waals surface area contributed by atoms with E-state index in [0.29, 0.717) is 6.54 Å². The average molecular weight is 290 g/mol. The highest BCUT2D eigenvalue weighted by Crippen LogP contribution is 2.27. The predicted octanol–water partition coefficient (Wildman–Crippen LogP) is 2.06. The van der Waals surface area contributed by atoms with Gasteiger partial charge >= 0.3 is 5.97 Å². The van der Waals surface area contributed by atoms with Gasteiger partial charge in [0, 0.05) is 37.4 Å². The van der Waals surface area contributed by atoms with Crippen LogP contribution in [-0.2, 0) is 14.3 Å². The molecule has 1 heterocycles. The van der Waals surface area contributed by atoms with E-state index in [9.17, 15) is 9.59 Å². The second-order valence-electron chi connectivity index (χ2n) is 5.12. The minimum Gasteiger partial charge on any atom is -0.469 e. The summed E-state index contributed by atoms with van der Waals surface area (Å²) in [6.07, 6.45) is 0.227. The van der Waals surface area contributed by atoms with Gasteiger partial charge < -0.3 is 14.5 Å². The molecule has 0 spiro atoms. The molecule has 1 amide bonds. The van der Waals surface area contributed by atoms with Crippen molar-refractivity contribution in [3.63, 3.8) is 0 Å². The lowest BCUT2D eigenvalue weighted by molar-refractivity contribution is -0.145. The minimum absolute atomic E-state index is 0.0269. The normalized spacial score (nSPS) is 18.0. The molecule has 21 heavy (non-hydrogen) atoms. The summed E-state index contributed by atoms with van der Waals surface area (Å²) in [6.45, 7) is 6.52. The fourth-order valence-electron chi connectivity index (χ4n) is 2.71. The summed E-state index contributed by atoms with van der Waals surface area (Å²) in [7, 11) is 1.36. The Bertz CT molecular complexity index is 509. The van der Waals surface area contributed by atoms with E-state index in [4.69, 9.17) is 4.74 Å². The number of carbonyl (C=O) groups excluding carboxylic acids is 2. The van der Waals surface area contributed by atoms with Crippen molar-refractivity contribution in [1.29, 1.82) is 0 Å². The van der Waals surface area contributed by atoms with Gasteiger partial charge in [-0.3, -0.25) is 9.59 Å². The SMILES string of the molecule is CCN(CC)c1ccc(N2C[C@@H](C(=O)OC)CC2=O)cc1. The summed E-state index contributed by atoms with van der Waals surface area (Å²) >= 11 is 0. The van der Waals surface area contributed by atoms with E-state index in [2.05, 4.69) is 18.7 Å². The first-order valence-corrected chi connectivity index (χ1v) is 7.33. The lowest BCUT2D eigenvalue weighted by Gasteiger charge is -2.22. The Labute approximate surface area is 125 Å². The highest BCUT2D eigenvalue weighted by molar-refractivity contribution is 5.99. The van der Waals surface area contributed by atoms with E-state index >= 15 is 0 Å². The average Bonchev–Trinajstić information content (AvgIpc) is 2.90. The zero-order valence-corrected chi connectivity index (χ0v) is 12.8. The maximum absolute atomic E-state index is 12.0. The Hall–Kier alpha value is -2.04. The molecule has 5 nitrogen and oxygen atoms in total. The van der Waals surface area contributed by atoms with Crippen molar-refractivity contribution in [1.82, 2.24) is 0 Å². The molecular formula is C16H22N2O3. The van der Waals surface area contributed by atoms with Crippen molar-refractivity contribution < 1.29 is 14.3 Å². The lowest BCUT2D eigenvalue weighted by atomic mass is 10.1. The van der Waals surface area contributed by atoms with Gasteiger partial charge in [0.05, 0.1) is 13.0 Å². The monoisotopic (exact) mass is 290 g/mol. The first kappa shape index (κ1) is 15.4. The molecule has 1 aromatic carbocycles. The molecule has 0 aliphatic carbocycles. The topological polar surface area (TPSA) is 49.9 Å². The Kier molecular flexibility index (Phi) is 4.83. The predicted molar refractivity (Wildman–Crippen MR) is 82.5 cm³/mol. The zero-order chi connectivity index (χ0) is 15.4. The first-order chi connectivity index (χ1) is 10.1. The summed E-state index contributed by atoms with van der Waals surface area (Å²) in [6, 6.07) is 7.90. The van der Waals surface area contributed by atoms with Crippen LogP contribution in [0.25, 0.3) is 0 Å². The van der Waals surface area contributed by atoms with Crippen molar-refractivity contribution in [3.05, 3.63) is 24.3 Å². The second-order valence-corrected chi connectivity index (χ2v) is 5.12. The molecule has 0 saturated carbocycles. The third kappa shape index (κ3) is 3.17. The Balaban J connectivity index is 2.12. The van der Waals surface area contributed by atoms with Gasteiger partial charge in [0.2, 0.25) is 5.91 Å². The van der Waals surface area contributed by atoms with Gasteiger partial charge in [-0.25, -0.2) is 0 Å². The molecule has 114 valence electrons. The molecule has 1 aromatic rings. The fraction of sp³-hybridized carbons (Fsp3) is 0.500. The van der Waals surface area contributed by atoms with Crippen molar-refractivity contribution in [2.24, 2.45) is 5.92 Å². The maximum Gasteiger partial charge on any atom is 0.311 e. The number of anilines is 2. The summed E-state index contributed by atoms with van der Waals surface area (Å²) in [5, 5.41) is 0. The van der Waals surface area contributed by atoms with Gasteiger partial charge in [-0.15, -0.1) is 0 Å². The summed E-state index contributed by atoms with van der Waals surface area (Å²) < 4.78 is 4.72. The van der Waals surface area contributed by atoms with Crippen LogP contribution in [0.4, 0.5) is 11.4 Å². The lowest BCUT2D eigenvalue weighted by Crippen LogP contribution is -2.26. The van der Waals surface area contributed by atoms with Gasteiger partial charge in [0.25, 0.3) is 0 Å². The Morgan fingerprint density at radius 3 is 2.43 bits per heavy atom. The van der Waals surface area contributed by atoms with E-state index in [1.165, 1.54) is 7.11 Å². The quantitative estimate of drug-likeness (QED) is 0.779. The molecule has 0 bridgehead atoms. The molecule has 1 fully saturated rings. The van der Waals surface area contributed by atoms with E-state index in [1.807, 2.05) is 24.3 Å². The van der Waals surface area contributed by atoms with Crippen LogP contribution in [0.1, 0.15) is 20.3 Å². The van der Waals surface area contributed by atoms with Crippen LogP contribution >= 0.6 is 0 Å². The van der Waals surface area contributed by atoms with Gasteiger partial charge in [-0.1, -0.05) is 0 Å². The molecule has 1 atom stereocenters. The number of carbonyl (C=O) groups is 2. The number of esters is 1. The maximum atomic E-state index is 12.0. The molecule has 1 aliphatic heterocycles. The van der Waals surface area contributed by atoms with Crippen molar-refractivity contribution in [2.45, 2.75) is 20.3 Å². The second kappa shape index (κ2) is 6.61. The fourth-order valence-corrected chi connectivity index (χ4v) is 2.71. The summed E-state index contributed by atoms with van der Waals surface area (Å²) in [4.78, 5) is 27.5. The van der Waals surface area contributed by atoms with E-state index in [0.717, 1.165) is 24.5 Å². The van der Waals surface area contributed by atoms with E-state index in [1.54, 1.807) is 4.90 Å². The number of methoxy groups -OCH3 is 1. The van der Waals surface area contributed by atoms with Crippen molar-refractivity contribution >= 4 is 23.3 Å². The molecule has 0 radical (unpaired) electrons. The molecule has 1 saturated heterocycles. The molecule has 5 heteroatoms. The molecule has 0 N–H and O–H groups in total. The number of benzene rings is 1. The highest BCUT2D eigenvalue weighted by atomic mass is 16.5. The molecule has 1 aliphatic rings. The molecule has 0 aromatic heterocycles. The first-order valence-electron chi connectivity index (χ1n) is 7.33. The van der Waals surface area contributed by atoms with Gasteiger partial charge in [0.15, 0.2) is 0 Å². The smallest absolute Gasteiger partial charge is 0.311 e. The molecule has 2 rings (SSSR count). The summed E-state index contributed by atoms with van der Waals surface area (Å²) in [5.41, 5.74) is 1.97. The standard InChI is InChI=1S/C16H22N2O3/c1-4-17(5-2)13-6-8-14(9-7-13)18-11-12(10-15(18)19)16(20)21-3/h6-9,12H,4-5,10-11H2,1-3H3/t12-/m0/s1. The van der Waals surface area contributed by atoms with Crippen LogP contribution in [0.5, 0.6) is 0 Å². The van der Waals surface area contributed by atoms with Crippen LogP contribution in [0.3, 0.4) is 0 Å². The number of amides is 1. The number of nitrogens with zero attached hydrogens (tertiary/aromatic N) is 2. The van der Waals surface area contributed by atoms with Crippen molar-refractivity contribution in [3.8, 4) is 0 Å². The largest absolute Gasteiger partial charge is 0.469 e. The zero-order valence-electron chi connectivity index (χ0n) is 12.8. The van der Waals surface area contributed by atoms with Gasteiger partial charge in [-0.2, -0.15) is 0 Å². The number of ether oxygens (including phenoxy) is 1. The minimum atomic E-state index is -0.357.